The van der Waals surface area contributed by atoms with Crippen LogP contribution in [-0.2, 0) is 9.47 Å². The first-order valence-corrected chi connectivity index (χ1v) is 10.8. The topological polar surface area (TPSA) is 71.5 Å². The summed E-state index contributed by atoms with van der Waals surface area (Å²) in [6.07, 6.45) is -0.841. The Balaban J connectivity index is 1.52. The summed E-state index contributed by atoms with van der Waals surface area (Å²) in [5.41, 5.74) is 0.420. The molecule has 0 bridgehead atoms. The van der Waals surface area contributed by atoms with Crippen molar-refractivity contribution in [3.05, 3.63) is 66.0 Å². The minimum Gasteiger partial charge on any atom is -0.491 e. The van der Waals surface area contributed by atoms with Gasteiger partial charge in [0, 0.05) is 45.4 Å². The molecule has 1 aliphatic heterocycles. The van der Waals surface area contributed by atoms with E-state index in [1.54, 1.807) is 12.0 Å². The van der Waals surface area contributed by atoms with Crippen LogP contribution in [0.5, 0.6) is 5.75 Å². The van der Waals surface area contributed by atoms with Crippen molar-refractivity contribution in [2.24, 2.45) is 0 Å². The van der Waals surface area contributed by atoms with Gasteiger partial charge in [0.05, 0.1) is 19.3 Å². The number of benzene rings is 2. The number of hydrogen-bond acceptors (Lipinski definition) is 6. The Kier molecular flexibility index (Phi) is 9.43. The molecule has 2 aromatic carbocycles. The summed E-state index contributed by atoms with van der Waals surface area (Å²) in [6, 6.07) is 14.9. The van der Waals surface area contributed by atoms with Crippen molar-refractivity contribution >= 4 is 5.91 Å². The summed E-state index contributed by atoms with van der Waals surface area (Å²) in [4.78, 5) is 16.7. The van der Waals surface area contributed by atoms with Gasteiger partial charge in [-0.1, -0.05) is 18.2 Å². The van der Waals surface area contributed by atoms with E-state index in [9.17, 15) is 14.3 Å². The highest BCUT2D eigenvalue weighted by Gasteiger charge is 2.26. The molecule has 0 aromatic heterocycles. The maximum absolute atomic E-state index is 13.2. The van der Waals surface area contributed by atoms with Gasteiger partial charge in [0.2, 0.25) is 0 Å². The van der Waals surface area contributed by atoms with E-state index in [1.165, 1.54) is 24.3 Å². The van der Waals surface area contributed by atoms with Crippen LogP contribution in [0.1, 0.15) is 10.4 Å². The molecule has 3 rings (SSSR count). The number of morpholine rings is 1. The van der Waals surface area contributed by atoms with Crippen LogP contribution in [0.2, 0.25) is 0 Å². The van der Waals surface area contributed by atoms with Crippen molar-refractivity contribution < 1.29 is 28.5 Å². The predicted molar refractivity (Wildman–Crippen MR) is 118 cm³/mol. The molecule has 0 spiro atoms. The third-order valence-corrected chi connectivity index (χ3v) is 5.25. The first-order valence-electron chi connectivity index (χ1n) is 10.8. The molecule has 1 fully saturated rings. The summed E-state index contributed by atoms with van der Waals surface area (Å²) in [7, 11) is 1.58. The normalized spacial score (nSPS) is 17.7. The van der Waals surface area contributed by atoms with Crippen LogP contribution in [0.25, 0.3) is 0 Å². The van der Waals surface area contributed by atoms with Gasteiger partial charge in [-0.2, -0.15) is 0 Å². The van der Waals surface area contributed by atoms with Crippen molar-refractivity contribution in [1.82, 2.24) is 9.80 Å². The number of methoxy groups -OCH3 is 1. The Morgan fingerprint density at radius 3 is 2.72 bits per heavy atom. The number of amides is 1. The predicted octanol–water partition coefficient (Wildman–Crippen LogP) is 2.06. The van der Waals surface area contributed by atoms with Crippen LogP contribution in [0.4, 0.5) is 4.39 Å². The van der Waals surface area contributed by atoms with Gasteiger partial charge in [-0.25, -0.2) is 4.39 Å². The molecule has 2 atom stereocenters. The average molecular weight is 447 g/mol. The second-order valence-corrected chi connectivity index (χ2v) is 7.78. The number of hydrogen-bond donors (Lipinski definition) is 1. The van der Waals surface area contributed by atoms with Gasteiger partial charge in [-0.05, 0) is 36.4 Å². The van der Waals surface area contributed by atoms with E-state index in [2.05, 4.69) is 4.90 Å². The standard InChI is InChI=1S/C24H31FN2O5/c1-30-13-12-27(24(29)19-7-9-20(25)10-8-19)17-23-16-26(11-14-31-23)15-21(28)18-32-22-5-3-2-4-6-22/h2-10,21,23,28H,11-18H2,1H3/t21-,23+/m0/s1. The summed E-state index contributed by atoms with van der Waals surface area (Å²) in [5, 5.41) is 10.4. The molecule has 32 heavy (non-hydrogen) atoms. The molecule has 1 saturated heterocycles. The van der Waals surface area contributed by atoms with Gasteiger partial charge >= 0.3 is 0 Å². The number of ether oxygens (including phenoxy) is 3. The second-order valence-electron chi connectivity index (χ2n) is 7.78. The van der Waals surface area contributed by atoms with Gasteiger partial charge in [0.25, 0.3) is 5.91 Å². The van der Waals surface area contributed by atoms with E-state index < -0.39 is 6.10 Å². The number of rotatable bonds is 11. The average Bonchev–Trinajstić information content (AvgIpc) is 2.81. The fraction of sp³-hybridized carbons (Fsp3) is 0.458. The lowest BCUT2D eigenvalue weighted by atomic mass is 10.1. The zero-order valence-corrected chi connectivity index (χ0v) is 18.4. The highest BCUT2D eigenvalue weighted by molar-refractivity contribution is 5.94. The van der Waals surface area contributed by atoms with Crippen molar-refractivity contribution in [2.75, 3.05) is 59.7 Å². The lowest BCUT2D eigenvalue weighted by molar-refractivity contribution is -0.0546. The molecule has 7 nitrogen and oxygen atoms in total. The number of halogens is 1. The van der Waals surface area contributed by atoms with Gasteiger partial charge in [-0.15, -0.1) is 0 Å². The van der Waals surface area contributed by atoms with E-state index in [1.807, 2.05) is 30.3 Å². The highest BCUT2D eigenvalue weighted by Crippen LogP contribution is 2.13. The van der Waals surface area contributed by atoms with Gasteiger partial charge in [0.15, 0.2) is 0 Å². The summed E-state index contributed by atoms with van der Waals surface area (Å²) in [6.45, 7) is 3.63. The molecule has 8 heteroatoms. The number of aliphatic hydroxyl groups is 1. The quantitative estimate of drug-likeness (QED) is 0.570. The molecule has 0 radical (unpaired) electrons. The fourth-order valence-electron chi connectivity index (χ4n) is 3.61. The smallest absolute Gasteiger partial charge is 0.254 e. The molecule has 1 amide bonds. The highest BCUT2D eigenvalue weighted by atomic mass is 19.1. The number of carbonyl (C=O) groups is 1. The maximum Gasteiger partial charge on any atom is 0.254 e. The monoisotopic (exact) mass is 446 g/mol. The molecule has 0 aliphatic carbocycles. The van der Waals surface area contributed by atoms with Gasteiger partial charge in [0.1, 0.15) is 24.3 Å². The zero-order valence-electron chi connectivity index (χ0n) is 18.4. The third kappa shape index (κ3) is 7.56. The lowest BCUT2D eigenvalue weighted by Crippen LogP contribution is -2.51. The van der Waals surface area contributed by atoms with Crippen LogP contribution >= 0.6 is 0 Å². The molecule has 1 aliphatic rings. The van der Waals surface area contributed by atoms with Gasteiger partial charge < -0.3 is 24.2 Å². The Morgan fingerprint density at radius 1 is 1.25 bits per heavy atom. The first-order chi connectivity index (χ1) is 15.5. The Labute approximate surface area is 188 Å². The molecular weight excluding hydrogens is 415 g/mol. The number of β-amino-alcohol motifs (C(OH)–C–C–N with tert-alkyl or cyclic N) is 1. The van der Waals surface area contributed by atoms with Crippen molar-refractivity contribution in [3.8, 4) is 5.75 Å². The number of aliphatic hydroxyl groups excluding tert-OH is 1. The largest absolute Gasteiger partial charge is 0.491 e. The number of carbonyl (C=O) groups excluding carboxylic acids is 1. The van der Waals surface area contributed by atoms with E-state index in [4.69, 9.17) is 14.2 Å². The number of nitrogens with zero attached hydrogens (tertiary/aromatic N) is 2. The van der Waals surface area contributed by atoms with Crippen molar-refractivity contribution in [3.63, 3.8) is 0 Å². The fourth-order valence-corrected chi connectivity index (χ4v) is 3.61. The van der Waals surface area contributed by atoms with Crippen LogP contribution in [0.3, 0.4) is 0 Å². The van der Waals surface area contributed by atoms with Crippen LogP contribution in [0, 0.1) is 5.82 Å². The molecule has 2 aromatic rings. The summed E-state index contributed by atoms with van der Waals surface area (Å²) >= 11 is 0. The summed E-state index contributed by atoms with van der Waals surface area (Å²) < 4.78 is 29.9. The van der Waals surface area contributed by atoms with E-state index in [0.717, 1.165) is 5.75 Å². The molecule has 1 heterocycles. The molecule has 174 valence electrons. The van der Waals surface area contributed by atoms with Crippen molar-refractivity contribution in [1.29, 1.82) is 0 Å². The van der Waals surface area contributed by atoms with Crippen molar-refractivity contribution in [2.45, 2.75) is 12.2 Å². The number of para-hydroxylation sites is 1. The first kappa shape index (κ1) is 24.1. The van der Waals surface area contributed by atoms with Crippen LogP contribution in [-0.4, -0.2) is 92.7 Å². The van der Waals surface area contributed by atoms with E-state index in [0.29, 0.717) is 51.5 Å². The minimum atomic E-state index is -0.639. The summed E-state index contributed by atoms with van der Waals surface area (Å²) in [5.74, 6) is 0.143. The zero-order chi connectivity index (χ0) is 22.8. The Hall–Kier alpha value is -2.52. The lowest BCUT2D eigenvalue weighted by Gasteiger charge is -2.36. The molecule has 0 saturated carbocycles. The second kappa shape index (κ2) is 12.5. The van der Waals surface area contributed by atoms with Gasteiger partial charge in [-0.3, -0.25) is 9.69 Å². The maximum atomic E-state index is 13.2. The molecule has 1 N–H and O–H groups in total. The molecular formula is C24H31FN2O5. The Morgan fingerprint density at radius 2 is 2.00 bits per heavy atom. The van der Waals surface area contributed by atoms with E-state index in [-0.39, 0.29) is 24.4 Å². The Bertz CT molecular complexity index is 821. The van der Waals surface area contributed by atoms with Crippen LogP contribution in [0.15, 0.2) is 54.6 Å². The van der Waals surface area contributed by atoms with Crippen LogP contribution < -0.4 is 4.74 Å². The SMILES string of the molecule is COCCN(C[C@H]1CN(C[C@H](O)COc2ccccc2)CCO1)C(=O)c1ccc(F)cc1. The third-order valence-electron chi connectivity index (χ3n) is 5.25. The molecule has 0 unspecified atom stereocenters. The van der Waals surface area contributed by atoms with E-state index >= 15 is 0 Å². The minimum absolute atomic E-state index is 0.195.